The van der Waals surface area contributed by atoms with Gasteiger partial charge in [-0.3, -0.25) is 0 Å². The minimum Gasteiger partial charge on any atom is -0.157 e. The zero-order valence-corrected chi connectivity index (χ0v) is 3.92. The van der Waals surface area contributed by atoms with Crippen molar-refractivity contribution in [1.82, 2.24) is 0 Å². The van der Waals surface area contributed by atoms with Gasteiger partial charge in [-0.1, -0.05) is 0 Å². The lowest BCUT2D eigenvalue weighted by molar-refractivity contribution is 0.993. The fourth-order valence-electron chi connectivity index (χ4n) is 0.417. The van der Waals surface area contributed by atoms with Gasteiger partial charge in [0.25, 0.3) is 0 Å². The molecule has 0 aromatic heterocycles. The molecule has 29 valence electrons. The normalized spacial score (nSPS) is 24.0. The fourth-order valence-corrected chi connectivity index (χ4v) is 1.25. The van der Waals surface area contributed by atoms with E-state index in [0.717, 1.165) is 0 Å². The molecule has 1 aliphatic heterocycles. The summed E-state index contributed by atoms with van der Waals surface area (Å²) in [5, 5.41) is 0. The van der Waals surface area contributed by atoms with E-state index in [1.807, 2.05) is 11.8 Å². The van der Waals surface area contributed by atoms with Gasteiger partial charge >= 0.3 is 0 Å². The Bertz CT molecular complexity index is 15.2. The molecule has 0 atom stereocenters. The van der Waals surface area contributed by atoms with Crippen molar-refractivity contribution in [3.05, 3.63) is 5.75 Å². The first-order chi connectivity index (χ1) is 2.50. The Kier molecular flexibility index (Phi) is 1.21. The van der Waals surface area contributed by atoms with Gasteiger partial charge in [0, 0.05) is 5.75 Å². The van der Waals surface area contributed by atoms with E-state index in [4.69, 9.17) is 0 Å². The molecule has 1 rings (SSSR count). The standard InChI is InChI=1S/C4H7S/c1-2-4-5-3-1/h3H,1-2,4H2. The van der Waals surface area contributed by atoms with Crippen LogP contribution in [0.25, 0.3) is 0 Å². The van der Waals surface area contributed by atoms with Gasteiger partial charge in [-0.15, -0.1) is 0 Å². The van der Waals surface area contributed by atoms with E-state index in [1.165, 1.54) is 18.6 Å². The zero-order chi connectivity index (χ0) is 3.54. The third-order valence-corrected chi connectivity index (χ3v) is 1.70. The molecular weight excluding hydrogens is 80.1 g/mol. The Morgan fingerprint density at radius 2 is 2.60 bits per heavy atom. The number of rotatable bonds is 0. The Labute approximate surface area is 37.0 Å². The van der Waals surface area contributed by atoms with Crippen molar-refractivity contribution in [3.63, 3.8) is 0 Å². The molecule has 0 spiro atoms. The van der Waals surface area contributed by atoms with Gasteiger partial charge in [-0.25, -0.2) is 0 Å². The highest BCUT2D eigenvalue weighted by Gasteiger charge is 1.96. The second kappa shape index (κ2) is 1.71. The summed E-state index contributed by atoms with van der Waals surface area (Å²) in [4.78, 5) is 0. The van der Waals surface area contributed by atoms with Crippen molar-refractivity contribution in [3.8, 4) is 0 Å². The highest BCUT2D eigenvalue weighted by atomic mass is 32.2. The second-order valence-corrected chi connectivity index (χ2v) is 2.25. The van der Waals surface area contributed by atoms with E-state index < -0.39 is 0 Å². The van der Waals surface area contributed by atoms with Crippen LogP contribution in [-0.4, -0.2) is 5.75 Å². The maximum Gasteiger partial charge on any atom is 0.0166 e. The summed E-state index contributed by atoms with van der Waals surface area (Å²) in [6.07, 6.45) is 2.75. The van der Waals surface area contributed by atoms with Gasteiger partial charge in [-0.05, 0) is 18.6 Å². The molecule has 1 aliphatic rings. The number of thioether (sulfide) groups is 1. The molecule has 1 heterocycles. The smallest absolute Gasteiger partial charge is 0.0166 e. The van der Waals surface area contributed by atoms with Gasteiger partial charge in [0.05, 0.1) is 0 Å². The van der Waals surface area contributed by atoms with Crippen molar-refractivity contribution in [2.75, 3.05) is 5.75 Å². The van der Waals surface area contributed by atoms with Crippen LogP contribution in [0.3, 0.4) is 0 Å². The van der Waals surface area contributed by atoms with Gasteiger partial charge in [0.15, 0.2) is 0 Å². The Balaban J connectivity index is 2.08. The zero-order valence-electron chi connectivity index (χ0n) is 3.11. The second-order valence-electron chi connectivity index (χ2n) is 1.18. The van der Waals surface area contributed by atoms with Crippen LogP contribution in [0.5, 0.6) is 0 Å². The van der Waals surface area contributed by atoms with E-state index in [1.54, 1.807) is 0 Å². The fraction of sp³-hybridized carbons (Fsp3) is 0.750. The van der Waals surface area contributed by atoms with Crippen molar-refractivity contribution in [1.29, 1.82) is 0 Å². The summed E-state index contributed by atoms with van der Waals surface area (Å²) in [5.41, 5.74) is 0. The molecule has 0 amide bonds. The topological polar surface area (TPSA) is 0 Å². The van der Waals surface area contributed by atoms with Crippen LogP contribution in [0.1, 0.15) is 12.8 Å². The van der Waals surface area contributed by atoms with Crippen LogP contribution >= 0.6 is 11.8 Å². The molecule has 0 aromatic rings. The van der Waals surface area contributed by atoms with Crippen molar-refractivity contribution in [2.24, 2.45) is 0 Å². The molecule has 0 aromatic carbocycles. The van der Waals surface area contributed by atoms with Crippen LogP contribution < -0.4 is 0 Å². The Morgan fingerprint density at radius 1 is 1.60 bits per heavy atom. The van der Waals surface area contributed by atoms with E-state index in [-0.39, 0.29) is 0 Å². The highest BCUT2D eigenvalue weighted by Crippen LogP contribution is 2.20. The maximum absolute atomic E-state index is 2.28. The molecular formula is C4H7S. The quantitative estimate of drug-likeness (QED) is 0.433. The molecule has 0 saturated carbocycles. The van der Waals surface area contributed by atoms with Gasteiger partial charge in [0.2, 0.25) is 0 Å². The molecule has 0 bridgehead atoms. The van der Waals surface area contributed by atoms with Gasteiger partial charge < -0.3 is 0 Å². The predicted molar refractivity (Wildman–Crippen MR) is 26.0 cm³/mol. The number of hydrogen-bond donors (Lipinski definition) is 0. The molecule has 1 fully saturated rings. The molecule has 1 radical (unpaired) electrons. The minimum atomic E-state index is 1.34. The van der Waals surface area contributed by atoms with Gasteiger partial charge in [0.1, 0.15) is 0 Å². The Hall–Kier alpha value is 0.350. The summed E-state index contributed by atoms with van der Waals surface area (Å²) in [6, 6.07) is 0. The summed E-state index contributed by atoms with van der Waals surface area (Å²) in [5.74, 6) is 3.64. The van der Waals surface area contributed by atoms with Gasteiger partial charge in [-0.2, -0.15) is 11.8 Å². The first kappa shape index (κ1) is 3.54. The first-order valence-electron chi connectivity index (χ1n) is 1.93. The summed E-state index contributed by atoms with van der Waals surface area (Å²) in [6.45, 7) is 0. The minimum absolute atomic E-state index is 1.34. The molecule has 1 saturated heterocycles. The van der Waals surface area contributed by atoms with Crippen LogP contribution in [0.2, 0.25) is 0 Å². The summed E-state index contributed by atoms with van der Waals surface area (Å²) < 4.78 is 0. The molecule has 0 nitrogen and oxygen atoms in total. The molecule has 1 heteroatoms. The van der Waals surface area contributed by atoms with Crippen LogP contribution in [-0.2, 0) is 0 Å². The van der Waals surface area contributed by atoms with E-state index in [0.29, 0.717) is 0 Å². The lowest BCUT2D eigenvalue weighted by Crippen LogP contribution is -1.56. The summed E-state index contributed by atoms with van der Waals surface area (Å²) >= 11 is 1.95. The molecule has 0 aliphatic carbocycles. The molecule has 0 N–H and O–H groups in total. The first-order valence-corrected chi connectivity index (χ1v) is 2.98. The number of hydrogen-bond acceptors (Lipinski definition) is 1. The lowest BCUT2D eigenvalue weighted by atomic mass is 10.4. The van der Waals surface area contributed by atoms with Crippen molar-refractivity contribution < 1.29 is 0 Å². The largest absolute Gasteiger partial charge is 0.157 e. The Morgan fingerprint density at radius 3 is 2.80 bits per heavy atom. The summed E-state index contributed by atoms with van der Waals surface area (Å²) in [7, 11) is 0. The van der Waals surface area contributed by atoms with Crippen LogP contribution in [0.4, 0.5) is 0 Å². The van der Waals surface area contributed by atoms with Crippen molar-refractivity contribution in [2.45, 2.75) is 12.8 Å². The third kappa shape index (κ3) is 0.839. The van der Waals surface area contributed by atoms with E-state index in [9.17, 15) is 0 Å². The lowest BCUT2D eigenvalue weighted by Gasteiger charge is -1.68. The SMILES string of the molecule is [CH]1CCCS1. The highest BCUT2D eigenvalue weighted by molar-refractivity contribution is 8.01. The average Bonchev–Trinajstić information content (AvgIpc) is 1.76. The average molecular weight is 87.2 g/mol. The van der Waals surface area contributed by atoms with Crippen LogP contribution in [0, 0.1) is 5.75 Å². The third-order valence-electron chi connectivity index (χ3n) is 0.702. The maximum atomic E-state index is 2.28. The van der Waals surface area contributed by atoms with Crippen molar-refractivity contribution >= 4 is 11.8 Å². The molecule has 5 heavy (non-hydrogen) atoms. The molecule has 0 unspecified atom stereocenters. The van der Waals surface area contributed by atoms with E-state index in [2.05, 4.69) is 5.75 Å². The van der Waals surface area contributed by atoms with E-state index >= 15 is 0 Å². The van der Waals surface area contributed by atoms with Crippen LogP contribution in [0.15, 0.2) is 0 Å². The predicted octanol–water partition coefficient (Wildman–Crippen LogP) is 1.68. The monoisotopic (exact) mass is 87.0 g/mol.